The minimum atomic E-state index is -0.745. The Labute approximate surface area is 121 Å². The maximum absolute atomic E-state index is 12.0. The predicted octanol–water partition coefficient (Wildman–Crippen LogP) is 2.71. The lowest BCUT2D eigenvalue weighted by atomic mass is 9.88. The van der Waals surface area contributed by atoms with Crippen molar-refractivity contribution in [2.24, 2.45) is 11.8 Å². The summed E-state index contributed by atoms with van der Waals surface area (Å²) in [6.07, 6.45) is 3.98. The average molecular weight is 284 g/mol. The Hall–Kier alpha value is -1.26. The van der Waals surface area contributed by atoms with E-state index in [9.17, 15) is 9.59 Å². The normalized spacial score (nSPS) is 16.0. The van der Waals surface area contributed by atoms with Gasteiger partial charge in [0.25, 0.3) is 0 Å². The third-order valence-corrected chi connectivity index (χ3v) is 4.05. The highest BCUT2D eigenvalue weighted by molar-refractivity contribution is 5.74. The molecule has 1 saturated carbocycles. The van der Waals surface area contributed by atoms with E-state index in [0.717, 1.165) is 25.8 Å². The van der Waals surface area contributed by atoms with Crippen molar-refractivity contribution in [2.75, 3.05) is 13.1 Å². The highest BCUT2D eigenvalue weighted by Crippen LogP contribution is 2.26. The number of carboxylic acid groups (broad SMARTS) is 1. The number of hydrogen-bond donors (Lipinski definition) is 2. The zero-order valence-electron chi connectivity index (χ0n) is 12.9. The van der Waals surface area contributed by atoms with E-state index in [4.69, 9.17) is 5.11 Å². The molecule has 2 N–H and O–H groups in total. The van der Waals surface area contributed by atoms with Gasteiger partial charge in [-0.25, -0.2) is 4.79 Å². The Morgan fingerprint density at radius 2 is 1.95 bits per heavy atom. The van der Waals surface area contributed by atoms with Gasteiger partial charge in [-0.2, -0.15) is 0 Å². The summed E-state index contributed by atoms with van der Waals surface area (Å²) in [6.45, 7) is 7.60. The summed E-state index contributed by atoms with van der Waals surface area (Å²) in [5, 5.41) is 11.7. The molecule has 0 saturated heterocycles. The summed E-state index contributed by atoms with van der Waals surface area (Å²) < 4.78 is 0. The summed E-state index contributed by atoms with van der Waals surface area (Å²) in [6, 6.07) is 0.462. The predicted molar refractivity (Wildman–Crippen MR) is 78.6 cm³/mol. The first kappa shape index (κ1) is 16.8. The Bertz CT molecular complexity index is 327. The van der Waals surface area contributed by atoms with E-state index in [1.165, 1.54) is 0 Å². The molecule has 20 heavy (non-hydrogen) atoms. The summed E-state index contributed by atoms with van der Waals surface area (Å²) in [7, 11) is 0. The van der Waals surface area contributed by atoms with Crippen molar-refractivity contribution in [3.05, 3.63) is 0 Å². The molecule has 116 valence electrons. The van der Waals surface area contributed by atoms with Crippen LogP contribution in [0.3, 0.4) is 0 Å². The highest BCUT2D eigenvalue weighted by Gasteiger charge is 2.31. The second-order valence-corrected chi connectivity index (χ2v) is 5.97. The first-order chi connectivity index (χ1) is 9.45. The Morgan fingerprint density at radius 3 is 2.40 bits per heavy atom. The number of hydrogen-bond acceptors (Lipinski definition) is 2. The van der Waals surface area contributed by atoms with Crippen LogP contribution in [0.2, 0.25) is 0 Å². The van der Waals surface area contributed by atoms with Crippen LogP contribution in [0, 0.1) is 11.8 Å². The third kappa shape index (κ3) is 5.80. The van der Waals surface area contributed by atoms with Crippen molar-refractivity contribution in [1.29, 1.82) is 0 Å². The Morgan fingerprint density at radius 1 is 1.30 bits per heavy atom. The molecule has 1 rings (SSSR count). The van der Waals surface area contributed by atoms with E-state index in [-0.39, 0.29) is 12.5 Å². The molecule has 0 spiro atoms. The monoisotopic (exact) mass is 284 g/mol. The van der Waals surface area contributed by atoms with Gasteiger partial charge in [-0.05, 0) is 44.4 Å². The zero-order chi connectivity index (χ0) is 15.1. The van der Waals surface area contributed by atoms with Crippen molar-refractivity contribution in [3.8, 4) is 0 Å². The van der Waals surface area contributed by atoms with E-state index in [1.807, 2.05) is 11.8 Å². The highest BCUT2D eigenvalue weighted by atomic mass is 16.4. The van der Waals surface area contributed by atoms with Gasteiger partial charge in [-0.3, -0.25) is 4.79 Å². The summed E-state index contributed by atoms with van der Waals surface area (Å²) in [4.78, 5) is 24.5. The van der Waals surface area contributed by atoms with Crippen LogP contribution < -0.4 is 5.32 Å². The molecule has 0 bridgehead atoms. The average Bonchev–Trinajstić information content (AvgIpc) is 3.18. The van der Waals surface area contributed by atoms with Crippen LogP contribution in [0.5, 0.6) is 0 Å². The van der Waals surface area contributed by atoms with Gasteiger partial charge >= 0.3 is 12.0 Å². The molecule has 0 aliphatic heterocycles. The number of carbonyl (C=O) groups is 2. The number of urea groups is 1. The fraction of sp³-hybridized carbons (Fsp3) is 0.867. The van der Waals surface area contributed by atoms with Crippen LogP contribution in [0.4, 0.5) is 4.79 Å². The maximum Gasteiger partial charge on any atom is 0.317 e. The molecule has 1 fully saturated rings. The topological polar surface area (TPSA) is 69.6 Å². The second kappa shape index (κ2) is 8.12. The third-order valence-electron chi connectivity index (χ3n) is 4.05. The molecular weight excluding hydrogens is 256 g/mol. The molecule has 5 heteroatoms. The van der Waals surface area contributed by atoms with Crippen molar-refractivity contribution in [3.63, 3.8) is 0 Å². The summed E-state index contributed by atoms with van der Waals surface area (Å²) in [5.41, 5.74) is 0. The fourth-order valence-corrected chi connectivity index (χ4v) is 2.54. The molecule has 0 aromatic carbocycles. The van der Waals surface area contributed by atoms with E-state index in [0.29, 0.717) is 30.8 Å². The van der Waals surface area contributed by atoms with Crippen molar-refractivity contribution in [2.45, 2.75) is 58.9 Å². The van der Waals surface area contributed by atoms with Gasteiger partial charge in [0.05, 0.1) is 0 Å². The number of nitrogens with zero attached hydrogens (tertiary/aromatic N) is 1. The van der Waals surface area contributed by atoms with E-state index < -0.39 is 5.97 Å². The SMILES string of the molecule is CCN(C(=O)NCCC(CCC(=O)O)C(C)C)C1CC1. The van der Waals surface area contributed by atoms with Crippen LogP contribution in [0.25, 0.3) is 0 Å². The van der Waals surface area contributed by atoms with Gasteiger partial charge in [0.2, 0.25) is 0 Å². The van der Waals surface area contributed by atoms with Crippen LogP contribution in [0.1, 0.15) is 52.9 Å². The largest absolute Gasteiger partial charge is 0.481 e. The second-order valence-electron chi connectivity index (χ2n) is 5.97. The Balaban J connectivity index is 2.28. The molecule has 2 amide bonds. The lowest BCUT2D eigenvalue weighted by Gasteiger charge is -2.23. The number of amides is 2. The van der Waals surface area contributed by atoms with Crippen molar-refractivity contribution < 1.29 is 14.7 Å². The molecule has 0 aromatic rings. The minimum absolute atomic E-state index is 0.0238. The van der Waals surface area contributed by atoms with Gasteiger partial charge in [0.15, 0.2) is 0 Å². The maximum atomic E-state index is 12.0. The standard InChI is InChI=1S/C15H28N2O3/c1-4-17(13-6-7-13)15(20)16-10-9-12(11(2)3)5-8-14(18)19/h11-13H,4-10H2,1-3H3,(H,16,20)(H,18,19). The number of rotatable bonds is 9. The van der Waals surface area contributed by atoms with Gasteiger partial charge < -0.3 is 15.3 Å². The smallest absolute Gasteiger partial charge is 0.317 e. The van der Waals surface area contributed by atoms with Crippen LogP contribution in [-0.4, -0.2) is 41.1 Å². The van der Waals surface area contributed by atoms with Gasteiger partial charge in [-0.1, -0.05) is 13.8 Å². The summed E-state index contributed by atoms with van der Waals surface area (Å²) in [5.74, 6) is 0.0462. The molecule has 1 aliphatic carbocycles. The quantitative estimate of drug-likeness (QED) is 0.684. The Kier molecular flexibility index (Phi) is 6.82. The van der Waals surface area contributed by atoms with E-state index in [2.05, 4.69) is 19.2 Å². The van der Waals surface area contributed by atoms with Crippen molar-refractivity contribution >= 4 is 12.0 Å². The number of carboxylic acids is 1. The van der Waals surface area contributed by atoms with Gasteiger partial charge in [-0.15, -0.1) is 0 Å². The van der Waals surface area contributed by atoms with Gasteiger partial charge in [0, 0.05) is 25.6 Å². The number of carbonyl (C=O) groups excluding carboxylic acids is 1. The molecule has 0 aromatic heterocycles. The molecule has 1 atom stereocenters. The van der Waals surface area contributed by atoms with Crippen LogP contribution in [-0.2, 0) is 4.79 Å². The van der Waals surface area contributed by atoms with Crippen LogP contribution >= 0.6 is 0 Å². The first-order valence-corrected chi connectivity index (χ1v) is 7.72. The molecule has 1 unspecified atom stereocenters. The molecule has 1 aliphatic rings. The summed E-state index contributed by atoms with van der Waals surface area (Å²) >= 11 is 0. The minimum Gasteiger partial charge on any atom is -0.481 e. The zero-order valence-corrected chi connectivity index (χ0v) is 12.9. The number of nitrogens with one attached hydrogen (secondary N) is 1. The fourth-order valence-electron chi connectivity index (χ4n) is 2.54. The van der Waals surface area contributed by atoms with Crippen LogP contribution in [0.15, 0.2) is 0 Å². The van der Waals surface area contributed by atoms with E-state index >= 15 is 0 Å². The van der Waals surface area contributed by atoms with E-state index in [1.54, 1.807) is 0 Å². The molecular formula is C15H28N2O3. The van der Waals surface area contributed by atoms with Gasteiger partial charge in [0.1, 0.15) is 0 Å². The molecule has 0 heterocycles. The van der Waals surface area contributed by atoms with Crippen molar-refractivity contribution in [1.82, 2.24) is 10.2 Å². The lowest BCUT2D eigenvalue weighted by molar-refractivity contribution is -0.137. The lowest BCUT2D eigenvalue weighted by Crippen LogP contribution is -2.42. The molecule has 5 nitrogen and oxygen atoms in total. The number of aliphatic carboxylic acids is 1. The molecule has 0 radical (unpaired) electrons. The first-order valence-electron chi connectivity index (χ1n) is 7.72.